The molecular formula is C16H25NOSi. The van der Waals surface area contributed by atoms with Crippen LogP contribution < -0.4 is 4.74 Å². The molecule has 0 aliphatic rings. The van der Waals surface area contributed by atoms with E-state index in [-0.39, 0.29) is 0 Å². The van der Waals surface area contributed by atoms with Crippen molar-refractivity contribution < 1.29 is 4.74 Å². The maximum absolute atomic E-state index is 5.39. The van der Waals surface area contributed by atoms with Gasteiger partial charge in [-0.05, 0) is 35.9 Å². The first-order valence-electron chi connectivity index (χ1n) is 6.84. The lowest BCUT2D eigenvalue weighted by molar-refractivity contribution is 0.415. The van der Waals surface area contributed by atoms with Gasteiger partial charge in [0.25, 0.3) is 0 Å². The molecule has 104 valence electrons. The van der Waals surface area contributed by atoms with Gasteiger partial charge in [-0.1, -0.05) is 33.9 Å². The lowest BCUT2D eigenvalue weighted by atomic mass is 10.2. The van der Waals surface area contributed by atoms with E-state index < -0.39 is 8.24 Å². The van der Waals surface area contributed by atoms with Crippen LogP contribution in [0.3, 0.4) is 0 Å². The molecular weight excluding hydrogens is 250 g/mol. The quantitative estimate of drug-likeness (QED) is 0.717. The van der Waals surface area contributed by atoms with Gasteiger partial charge in [0.05, 0.1) is 7.11 Å². The number of aromatic nitrogens is 1. The van der Waals surface area contributed by atoms with Crippen molar-refractivity contribution >= 4 is 19.1 Å². The third-order valence-corrected chi connectivity index (χ3v) is 9.90. The second-order valence-electron chi connectivity index (χ2n) is 6.87. The highest BCUT2D eigenvalue weighted by molar-refractivity contribution is 6.79. The second-order valence-corrected chi connectivity index (χ2v) is 12.0. The molecule has 1 aromatic carbocycles. The molecule has 0 radical (unpaired) electrons. The van der Waals surface area contributed by atoms with Crippen LogP contribution in [-0.2, 0) is 0 Å². The Morgan fingerprint density at radius 3 is 2.32 bits per heavy atom. The van der Waals surface area contributed by atoms with Crippen molar-refractivity contribution in [3.05, 3.63) is 30.0 Å². The minimum absolute atomic E-state index is 0.314. The normalized spacial score (nSPS) is 13.0. The van der Waals surface area contributed by atoms with Crippen LogP contribution in [-0.4, -0.2) is 19.6 Å². The van der Waals surface area contributed by atoms with Gasteiger partial charge in [-0.2, -0.15) is 0 Å². The zero-order valence-electron chi connectivity index (χ0n) is 13.2. The third kappa shape index (κ3) is 2.20. The summed E-state index contributed by atoms with van der Waals surface area (Å²) in [7, 11) is 0.131. The molecule has 0 bridgehead atoms. The first-order chi connectivity index (χ1) is 8.68. The fourth-order valence-corrected chi connectivity index (χ4v) is 4.35. The monoisotopic (exact) mass is 275 g/mol. The van der Waals surface area contributed by atoms with E-state index in [1.807, 2.05) is 6.07 Å². The van der Waals surface area contributed by atoms with Crippen LogP contribution in [0.1, 0.15) is 26.3 Å². The summed E-state index contributed by atoms with van der Waals surface area (Å²) in [5.74, 6) is 0.936. The number of nitrogens with zero attached hydrogens (tertiary/aromatic N) is 1. The maximum Gasteiger partial charge on any atom is 0.161 e. The molecule has 0 saturated heterocycles. The molecule has 0 amide bonds. The van der Waals surface area contributed by atoms with Gasteiger partial charge in [0.1, 0.15) is 5.75 Å². The van der Waals surface area contributed by atoms with Crippen LogP contribution in [0.4, 0.5) is 0 Å². The summed E-state index contributed by atoms with van der Waals surface area (Å²) in [6.07, 6.45) is 2.32. The summed E-state index contributed by atoms with van der Waals surface area (Å²) in [6, 6.07) is 6.39. The fraction of sp³-hybridized carbons (Fsp3) is 0.500. The van der Waals surface area contributed by atoms with E-state index in [9.17, 15) is 0 Å². The van der Waals surface area contributed by atoms with Gasteiger partial charge >= 0.3 is 0 Å². The van der Waals surface area contributed by atoms with Crippen molar-refractivity contribution in [3.63, 3.8) is 0 Å². The molecule has 0 fully saturated rings. The molecule has 0 aliphatic heterocycles. The Bertz CT molecular complexity index is 605. The molecule has 0 aliphatic carbocycles. The molecule has 2 rings (SSSR count). The van der Waals surface area contributed by atoms with Crippen molar-refractivity contribution in [3.8, 4) is 5.75 Å². The van der Waals surface area contributed by atoms with E-state index in [0.29, 0.717) is 5.04 Å². The first kappa shape index (κ1) is 14.2. The van der Waals surface area contributed by atoms with Crippen LogP contribution in [0.25, 0.3) is 10.9 Å². The highest BCUT2D eigenvalue weighted by Gasteiger charge is 2.38. The number of benzene rings is 1. The Hall–Kier alpha value is -1.22. The zero-order valence-corrected chi connectivity index (χ0v) is 14.2. The molecule has 0 atom stereocenters. The Morgan fingerprint density at radius 2 is 1.79 bits per heavy atom. The van der Waals surface area contributed by atoms with E-state index in [1.54, 1.807) is 7.11 Å². The van der Waals surface area contributed by atoms with Crippen molar-refractivity contribution in [1.29, 1.82) is 0 Å². The summed E-state index contributed by atoms with van der Waals surface area (Å²) in [5.41, 5.74) is 2.66. The minimum Gasteiger partial charge on any atom is -0.497 e. The predicted molar refractivity (Wildman–Crippen MR) is 85.8 cm³/mol. The number of methoxy groups -OCH3 is 1. The summed E-state index contributed by atoms with van der Waals surface area (Å²) >= 11 is 0. The zero-order chi connectivity index (χ0) is 14.4. The third-order valence-electron chi connectivity index (χ3n) is 4.65. The van der Waals surface area contributed by atoms with E-state index in [4.69, 9.17) is 4.74 Å². The van der Waals surface area contributed by atoms with Crippen molar-refractivity contribution in [2.75, 3.05) is 7.11 Å². The Balaban J connectivity index is 2.74. The lowest BCUT2D eigenvalue weighted by Gasteiger charge is -2.38. The summed E-state index contributed by atoms with van der Waals surface area (Å²) in [5, 5.41) is 1.65. The van der Waals surface area contributed by atoms with Gasteiger partial charge < -0.3 is 8.97 Å². The van der Waals surface area contributed by atoms with Crippen LogP contribution in [0.5, 0.6) is 5.75 Å². The molecule has 0 spiro atoms. The molecule has 1 aromatic heterocycles. The number of hydrogen-bond acceptors (Lipinski definition) is 1. The standard InChI is InChI=1S/C16H25NOSi/c1-12-11-17(19(6,7)16(2,3)4)15-10-13(18-5)8-9-14(12)15/h8-11H,1-7H3. The van der Waals surface area contributed by atoms with Crippen molar-refractivity contribution in [2.24, 2.45) is 0 Å². The van der Waals surface area contributed by atoms with E-state index in [2.05, 4.69) is 63.4 Å². The molecule has 0 saturated carbocycles. The summed E-state index contributed by atoms with van der Waals surface area (Å²) in [4.78, 5) is 0. The Morgan fingerprint density at radius 1 is 1.16 bits per heavy atom. The topological polar surface area (TPSA) is 14.2 Å². The Labute approximate surface area is 117 Å². The van der Waals surface area contributed by atoms with Gasteiger partial charge in [0.2, 0.25) is 0 Å². The van der Waals surface area contributed by atoms with Crippen molar-refractivity contribution in [2.45, 2.75) is 45.8 Å². The first-order valence-corrected chi connectivity index (χ1v) is 9.79. The minimum atomic E-state index is -1.60. The van der Waals surface area contributed by atoms with Crippen LogP contribution in [0.2, 0.25) is 18.1 Å². The molecule has 0 unspecified atom stereocenters. The highest BCUT2D eigenvalue weighted by Crippen LogP contribution is 2.40. The van der Waals surface area contributed by atoms with Gasteiger partial charge in [0, 0.05) is 17.0 Å². The highest BCUT2D eigenvalue weighted by atomic mass is 28.3. The predicted octanol–water partition coefficient (Wildman–Crippen LogP) is 4.81. The second kappa shape index (κ2) is 4.41. The largest absolute Gasteiger partial charge is 0.497 e. The van der Waals surface area contributed by atoms with Crippen LogP contribution >= 0.6 is 0 Å². The average Bonchev–Trinajstić information content (AvgIpc) is 2.65. The molecule has 3 heteroatoms. The van der Waals surface area contributed by atoms with Gasteiger partial charge in [-0.3, -0.25) is 0 Å². The molecule has 19 heavy (non-hydrogen) atoms. The summed E-state index contributed by atoms with van der Waals surface area (Å²) in [6.45, 7) is 14.1. The number of aryl methyl sites for hydroxylation is 1. The number of hydrogen-bond donors (Lipinski definition) is 0. The number of rotatable bonds is 2. The van der Waals surface area contributed by atoms with E-state index in [0.717, 1.165) is 5.75 Å². The fourth-order valence-electron chi connectivity index (χ4n) is 2.33. The lowest BCUT2D eigenvalue weighted by Crippen LogP contribution is -2.44. The summed E-state index contributed by atoms with van der Waals surface area (Å²) < 4.78 is 7.91. The van der Waals surface area contributed by atoms with Gasteiger partial charge in [-0.15, -0.1) is 0 Å². The number of fused-ring (bicyclic) bond motifs is 1. The molecule has 2 aromatic rings. The van der Waals surface area contributed by atoms with Gasteiger partial charge in [-0.25, -0.2) is 0 Å². The van der Waals surface area contributed by atoms with Crippen LogP contribution in [0.15, 0.2) is 24.4 Å². The maximum atomic E-state index is 5.39. The SMILES string of the molecule is COc1ccc2c(C)cn([Si](C)(C)C(C)(C)C)c2c1. The van der Waals surface area contributed by atoms with E-state index >= 15 is 0 Å². The van der Waals surface area contributed by atoms with Crippen LogP contribution in [0, 0.1) is 6.92 Å². The molecule has 0 N–H and O–H groups in total. The van der Waals surface area contributed by atoms with Crippen molar-refractivity contribution in [1.82, 2.24) is 4.23 Å². The Kier molecular flexibility index (Phi) is 3.29. The molecule has 2 nitrogen and oxygen atoms in total. The average molecular weight is 275 g/mol. The van der Waals surface area contributed by atoms with E-state index in [1.165, 1.54) is 16.5 Å². The molecule has 1 heterocycles. The number of ether oxygens (including phenoxy) is 1. The smallest absolute Gasteiger partial charge is 0.161 e. The van der Waals surface area contributed by atoms with Gasteiger partial charge in [0.15, 0.2) is 8.24 Å².